The summed E-state index contributed by atoms with van der Waals surface area (Å²) in [6.45, 7) is 2.39. The second-order valence-corrected chi connectivity index (χ2v) is 6.86. The van der Waals surface area contributed by atoms with Gasteiger partial charge in [0.25, 0.3) is 0 Å². The van der Waals surface area contributed by atoms with E-state index in [1.165, 1.54) is 5.56 Å². The third-order valence-corrected chi connectivity index (χ3v) is 4.97. The van der Waals surface area contributed by atoms with Crippen LogP contribution >= 0.6 is 0 Å². The molecule has 4 rings (SSSR count). The summed E-state index contributed by atoms with van der Waals surface area (Å²) in [4.78, 5) is 6.90. The van der Waals surface area contributed by atoms with Crippen LogP contribution in [0.5, 0.6) is 5.75 Å². The molecule has 0 unspecified atom stereocenters. The average molecular weight is 376 g/mol. The third kappa shape index (κ3) is 4.46. The highest BCUT2D eigenvalue weighted by molar-refractivity contribution is 5.61. The van der Waals surface area contributed by atoms with Gasteiger partial charge in [-0.15, -0.1) is 5.10 Å². The van der Waals surface area contributed by atoms with Gasteiger partial charge in [0.1, 0.15) is 5.75 Å². The average Bonchev–Trinajstić information content (AvgIpc) is 2.79. The van der Waals surface area contributed by atoms with Gasteiger partial charge in [-0.3, -0.25) is 0 Å². The first-order valence-corrected chi connectivity index (χ1v) is 9.56. The second-order valence-electron chi connectivity index (χ2n) is 6.86. The van der Waals surface area contributed by atoms with E-state index in [4.69, 9.17) is 14.5 Å². The maximum atomic E-state index is 6.07. The molecule has 0 spiro atoms. The van der Waals surface area contributed by atoms with Crippen molar-refractivity contribution in [2.24, 2.45) is 0 Å². The zero-order valence-corrected chi connectivity index (χ0v) is 16.0. The summed E-state index contributed by atoms with van der Waals surface area (Å²) in [7, 11) is 1.66. The molecule has 3 aromatic rings. The first kappa shape index (κ1) is 18.4. The largest absolute Gasteiger partial charge is 0.497 e. The van der Waals surface area contributed by atoms with Crippen molar-refractivity contribution >= 4 is 5.95 Å². The molecule has 0 N–H and O–H groups in total. The van der Waals surface area contributed by atoms with Gasteiger partial charge in [-0.05, 0) is 30.5 Å². The van der Waals surface area contributed by atoms with Crippen LogP contribution in [0.1, 0.15) is 18.4 Å². The van der Waals surface area contributed by atoms with Gasteiger partial charge in [-0.1, -0.05) is 42.5 Å². The topological polar surface area (TPSA) is 60.4 Å². The molecule has 1 aliphatic heterocycles. The summed E-state index contributed by atoms with van der Waals surface area (Å²) in [5.74, 6) is 1.47. The Hall–Kier alpha value is -2.99. The van der Waals surface area contributed by atoms with Crippen LogP contribution in [0.4, 0.5) is 5.95 Å². The van der Waals surface area contributed by atoms with Gasteiger partial charge in [0.2, 0.25) is 5.95 Å². The summed E-state index contributed by atoms with van der Waals surface area (Å²) in [5, 5.41) is 8.40. The highest BCUT2D eigenvalue weighted by Gasteiger charge is 2.22. The van der Waals surface area contributed by atoms with E-state index in [0.29, 0.717) is 12.6 Å². The Balaban J connectivity index is 1.37. The van der Waals surface area contributed by atoms with Gasteiger partial charge in [-0.25, -0.2) is 4.98 Å². The summed E-state index contributed by atoms with van der Waals surface area (Å²) < 4.78 is 11.4. The highest BCUT2D eigenvalue weighted by Crippen LogP contribution is 2.24. The molecule has 2 heterocycles. The summed E-state index contributed by atoms with van der Waals surface area (Å²) >= 11 is 0. The Labute approximate surface area is 165 Å². The number of methoxy groups -OCH3 is 1. The summed E-state index contributed by atoms with van der Waals surface area (Å²) in [6.07, 6.45) is 3.87. The summed E-state index contributed by atoms with van der Waals surface area (Å²) in [6, 6.07) is 18.1. The fraction of sp³-hybridized carbons (Fsp3) is 0.318. The Morgan fingerprint density at radius 3 is 2.64 bits per heavy atom. The van der Waals surface area contributed by atoms with E-state index in [-0.39, 0.29) is 6.10 Å². The molecule has 1 aromatic heterocycles. The van der Waals surface area contributed by atoms with Gasteiger partial charge in [0.05, 0.1) is 31.7 Å². The smallest absolute Gasteiger partial charge is 0.245 e. The van der Waals surface area contributed by atoms with Crippen LogP contribution in [0.2, 0.25) is 0 Å². The van der Waals surface area contributed by atoms with E-state index in [0.717, 1.165) is 42.9 Å². The Kier molecular flexibility index (Phi) is 5.77. The fourth-order valence-electron chi connectivity index (χ4n) is 3.36. The number of hydrogen-bond acceptors (Lipinski definition) is 6. The minimum Gasteiger partial charge on any atom is -0.497 e. The monoisotopic (exact) mass is 376 g/mol. The number of hydrogen-bond donors (Lipinski definition) is 0. The molecule has 0 aliphatic carbocycles. The predicted octanol–water partition coefficient (Wildman–Crippen LogP) is 3.73. The Bertz CT molecular complexity index is 896. The number of anilines is 1. The van der Waals surface area contributed by atoms with Gasteiger partial charge < -0.3 is 14.4 Å². The molecule has 28 heavy (non-hydrogen) atoms. The Morgan fingerprint density at radius 2 is 1.86 bits per heavy atom. The first-order valence-electron chi connectivity index (χ1n) is 9.56. The zero-order valence-electron chi connectivity index (χ0n) is 16.0. The molecule has 1 aliphatic rings. The lowest BCUT2D eigenvalue weighted by molar-refractivity contribution is 0.0249. The van der Waals surface area contributed by atoms with Crippen LogP contribution in [-0.4, -0.2) is 41.5 Å². The second kappa shape index (κ2) is 8.80. The molecule has 0 atom stereocenters. The van der Waals surface area contributed by atoms with Crippen LogP contribution in [-0.2, 0) is 11.3 Å². The number of nitrogens with zero attached hydrogens (tertiary/aromatic N) is 4. The van der Waals surface area contributed by atoms with Gasteiger partial charge in [0.15, 0.2) is 0 Å². The van der Waals surface area contributed by atoms with Gasteiger partial charge in [-0.2, -0.15) is 5.10 Å². The molecule has 6 heteroatoms. The zero-order chi connectivity index (χ0) is 19.2. The van der Waals surface area contributed by atoms with Crippen molar-refractivity contribution in [3.05, 3.63) is 66.4 Å². The van der Waals surface area contributed by atoms with Crippen LogP contribution in [0.3, 0.4) is 0 Å². The van der Waals surface area contributed by atoms with Crippen LogP contribution in [0, 0.1) is 0 Å². The summed E-state index contributed by atoms with van der Waals surface area (Å²) in [5.41, 5.74) is 2.98. The van der Waals surface area contributed by atoms with E-state index in [9.17, 15) is 0 Å². The normalized spacial score (nSPS) is 14.8. The number of rotatable bonds is 6. The minimum absolute atomic E-state index is 0.269. The van der Waals surface area contributed by atoms with Crippen molar-refractivity contribution in [1.82, 2.24) is 15.2 Å². The molecule has 144 valence electrons. The van der Waals surface area contributed by atoms with E-state index in [1.807, 2.05) is 42.5 Å². The molecular formula is C22H24N4O2. The van der Waals surface area contributed by atoms with Crippen LogP contribution in [0.15, 0.2) is 60.8 Å². The molecular weight excluding hydrogens is 352 g/mol. The predicted molar refractivity (Wildman–Crippen MR) is 108 cm³/mol. The van der Waals surface area contributed by atoms with E-state index >= 15 is 0 Å². The van der Waals surface area contributed by atoms with Crippen molar-refractivity contribution < 1.29 is 9.47 Å². The number of aromatic nitrogens is 3. The number of piperidine rings is 1. The quantitative estimate of drug-likeness (QED) is 0.653. The van der Waals surface area contributed by atoms with E-state index in [1.54, 1.807) is 13.3 Å². The van der Waals surface area contributed by atoms with E-state index in [2.05, 4.69) is 27.2 Å². The van der Waals surface area contributed by atoms with Crippen LogP contribution < -0.4 is 9.64 Å². The molecule has 0 radical (unpaired) electrons. The van der Waals surface area contributed by atoms with Crippen molar-refractivity contribution in [2.45, 2.75) is 25.6 Å². The molecule has 0 saturated carbocycles. The first-order chi connectivity index (χ1) is 13.8. The van der Waals surface area contributed by atoms with Crippen LogP contribution in [0.25, 0.3) is 11.3 Å². The number of benzene rings is 2. The lowest BCUT2D eigenvalue weighted by atomic mass is 10.1. The lowest BCUT2D eigenvalue weighted by Crippen LogP contribution is -2.38. The molecule has 1 saturated heterocycles. The van der Waals surface area contributed by atoms with Crippen molar-refractivity contribution in [3.63, 3.8) is 0 Å². The van der Waals surface area contributed by atoms with Crippen molar-refractivity contribution in [2.75, 3.05) is 25.1 Å². The maximum Gasteiger partial charge on any atom is 0.245 e. The SMILES string of the molecule is COc1cccc(-c2cnnc(N3CCC(OCc4ccccc4)CC3)n2)c1. The standard InChI is InChI=1S/C22H24N4O2/c1-27-20-9-5-8-18(14-20)21-15-23-25-22(24-21)26-12-10-19(11-13-26)28-16-17-6-3-2-4-7-17/h2-9,14-15,19H,10-13,16H2,1H3. The molecule has 2 aromatic carbocycles. The molecule has 0 bridgehead atoms. The highest BCUT2D eigenvalue weighted by atomic mass is 16.5. The third-order valence-electron chi connectivity index (χ3n) is 4.97. The maximum absolute atomic E-state index is 6.07. The lowest BCUT2D eigenvalue weighted by Gasteiger charge is -2.31. The van der Waals surface area contributed by atoms with Crippen molar-refractivity contribution in [1.29, 1.82) is 0 Å². The fourth-order valence-corrected chi connectivity index (χ4v) is 3.36. The Morgan fingerprint density at radius 1 is 1.04 bits per heavy atom. The molecule has 1 fully saturated rings. The van der Waals surface area contributed by atoms with E-state index < -0.39 is 0 Å². The molecule has 6 nitrogen and oxygen atoms in total. The van der Waals surface area contributed by atoms with Crippen molar-refractivity contribution in [3.8, 4) is 17.0 Å². The van der Waals surface area contributed by atoms with Gasteiger partial charge >= 0.3 is 0 Å². The molecule has 0 amide bonds. The minimum atomic E-state index is 0.269. The van der Waals surface area contributed by atoms with Gasteiger partial charge in [0, 0.05) is 18.7 Å². The number of ether oxygens (including phenoxy) is 2.